The zero-order valence-electron chi connectivity index (χ0n) is 21.1. The number of hydrogen-bond donors (Lipinski definition) is 10. The lowest BCUT2D eigenvalue weighted by molar-refractivity contribution is -0.285. The molecule has 0 aromatic carbocycles. The SMILES string of the molecule is NCC(=O)N[C@@H]1C(O)C[C@@](O[PH](=O)OC[C@H]2O[C@@H](n3ccc(N)nc3=O)[C@@H](O)[C@H]2O)(C(=O)O)OC1[C@H](O)[C@H](O)CO. The van der Waals surface area contributed by atoms with E-state index >= 15 is 0 Å². The molecule has 2 saturated heterocycles. The molecule has 12 N–H and O–H groups in total. The normalized spacial score (nSPS) is 34.1. The Bertz CT molecular complexity index is 1170. The number of anilines is 1. The third-order valence-corrected chi connectivity index (χ3v) is 7.30. The number of hydrogen-bond acceptors (Lipinski definition) is 17. The third kappa shape index (κ3) is 7.25. The summed E-state index contributed by atoms with van der Waals surface area (Å²) < 4.78 is 34.3. The lowest BCUT2D eigenvalue weighted by atomic mass is 9.88. The maximum absolute atomic E-state index is 12.7. The summed E-state index contributed by atoms with van der Waals surface area (Å²) >= 11 is 0. The summed E-state index contributed by atoms with van der Waals surface area (Å²) in [5.74, 6) is -5.85. The van der Waals surface area contributed by atoms with Crippen molar-refractivity contribution in [2.45, 2.75) is 67.2 Å². The number of carboxylic acids is 1. The van der Waals surface area contributed by atoms with Crippen molar-refractivity contribution >= 4 is 25.9 Å². The smallest absolute Gasteiger partial charge is 0.364 e. The van der Waals surface area contributed by atoms with Gasteiger partial charge in [-0.3, -0.25) is 18.5 Å². The van der Waals surface area contributed by atoms with Gasteiger partial charge in [0.1, 0.15) is 42.4 Å². The molecule has 0 aliphatic carbocycles. The van der Waals surface area contributed by atoms with Crippen molar-refractivity contribution in [3.63, 3.8) is 0 Å². The van der Waals surface area contributed by atoms with Crippen molar-refractivity contribution in [1.29, 1.82) is 0 Å². The maximum atomic E-state index is 12.7. The molecule has 21 heteroatoms. The summed E-state index contributed by atoms with van der Waals surface area (Å²) in [6, 6.07) is -0.312. The minimum Gasteiger partial charge on any atom is -0.477 e. The van der Waals surface area contributed by atoms with Crippen LogP contribution in [0.4, 0.5) is 5.82 Å². The van der Waals surface area contributed by atoms with E-state index in [1.165, 1.54) is 6.07 Å². The second-order valence-electron chi connectivity index (χ2n) is 9.20. The number of carbonyl (C=O) groups excluding carboxylic acids is 1. The van der Waals surface area contributed by atoms with E-state index in [1.807, 2.05) is 0 Å². The van der Waals surface area contributed by atoms with E-state index in [2.05, 4.69) is 10.3 Å². The van der Waals surface area contributed by atoms with E-state index in [-0.39, 0.29) is 5.82 Å². The Labute approximate surface area is 231 Å². The molecule has 3 heterocycles. The van der Waals surface area contributed by atoms with Crippen LogP contribution in [0, 0.1) is 0 Å². The lowest BCUT2D eigenvalue weighted by Crippen LogP contribution is -2.68. The van der Waals surface area contributed by atoms with Gasteiger partial charge in [0.15, 0.2) is 6.23 Å². The van der Waals surface area contributed by atoms with Crippen LogP contribution in [0.25, 0.3) is 0 Å². The zero-order valence-corrected chi connectivity index (χ0v) is 22.1. The third-order valence-electron chi connectivity index (χ3n) is 6.41. The van der Waals surface area contributed by atoms with Gasteiger partial charge in [0.25, 0.3) is 5.79 Å². The highest BCUT2D eigenvalue weighted by Crippen LogP contribution is 2.41. The average molecular weight is 613 g/mol. The van der Waals surface area contributed by atoms with Crippen LogP contribution < -0.4 is 22.5 Å². The number of nitrogens with zero attached hydrogens (tertiary/aromatic N) is 2. The molecule has 0 bridgehead atoms. The van der Waals surface area contributed by atoms with Gasteiger partial charge in [0.05, 0.1) is 31.9 Å². The summed E-state index contributed by atoms with van der Waals surface area (Å²) in [5.41, 5.74) is 9.76. The number of nitrogen functional groups attached to an aromatic ring is 1. The monoisotopic (exact) mass is 613 g/mol. The molecule has 232 valence electrons. The lowest BCUT2D eigenvalue weighted by Gasteiger charge is -2.46. The van der Waals surface area contributed by atoms with Gasteiger partial charge >= 0.3 is 19.9 Å². The molecule has 20 nitrogen and oxygen atoms in total. The highest BCUT2D eigenvalue weighted by molar-refractivity contribution is 7.33. The van der Waals surface area contributed by atoms with Gasteiger partial charge in [-0.2, -0.15) is 4.98 Å². The number of amides is 1. The fourth-order valence-corrected chi connectivity index (χ4v) is 5.12. The van der Waals surface area contributed by atoms with Crippen LogP contribution in [0.5, 0.6) is 0 Å². The molecule has 2 aliphatic rings. The number of aliphatic carboxylic acids is 1. The predicted octanol–water partition coefficient (Wildman–Crippen LogP) is -6.04. The van der Waals surface area contributed by atoms with E-state index in [1.54, 1.807) is 0 Å². The molecule has 0 saturated carbocycles. The van der Waals surface area contributed by atoms with Crippen LogP contribution in [0.15, 0.2) is 17.1 Å². The predicted molar refractivity (Wildman–Crippen MR) is 131 cm³/mol. The van der Waals surface area contributed by atoms with Crippen molar-refractivity contribution in [2.24, 2.45) is 5.73 Å². The Morgan fingerprint density at radius 1 is 1.29 bits per heavy atom. The van der Waals surface area contributed by atoms with Crippen LogP contribution in [-0.2, 0) is 32.7 Å². The number of carboxylic acid groups (broad SMARTS) is 1. The molecule has 11 atom stereocenters. The number of aliphatic hydroxyl groups excluding tert-OH is 6. The standard InChI is InChI=1S/C20H32N5O15P/c21-4-11(29)24-12-7(27)3-20(18(33)34,39-16(12)13(30)8(28)5-26)40-41(36)37-6-9-14(31)15(32)17(38-9)25-2-1-10(22)23-19(25)35/h1-2,7-9,12-17,26-28,30-32,41H,3-6,21H2,(H,24,29)(H,33,34)(H2,22,23,35)/t7?,8-,9-,12-,13-,14+,15+,16?,17-,20-/m1/s1. The first kappa shape index (κ1) is 32.9. The summed E-state index contributed by atoms with van der Waals surface area (Å²) in [6.45, 7) is -2.35. The second kappa shape index (κ2) is 13.6. The largest absolute Gasteiger partial charge is 0.477 e. The summed E-state index contributed by atoms with van der Waals surface area (Å²) in [7, 11) is -3.89. The second-order valence-corrected chi connectivity index (χ2v) is 10.2. The number of rotatable bonds is 12. The van der Waals surface area contributed by atoms with E-state index in [4.69, 9.17) is 30.0 Å². The van der Waals surface area contributed by atoms with Gasteiger partial charge in [-0.15, -0.1) is 0 Å². The number of nitrogens with one attached hydrogen (secondary N) is 1. The fourth-order valence-electron chi connectivity index (χ4n) is 4.27. The van der Waals surface area contributed by atoms with Gasteiger partial charge in [0, 0.05) is 12.6 Å². The minimum absolute atomic E-state index is 0.106. The summed E-state index contributed by atoms with van der Waals surface area (Å²) in [5, 5.41) is 72.9. The van der Waals surface area contributed by atoms with Crippen LogP contribution in [0.1, 0.15) is 12.6 Å². The number of aliphatic hydroxyl groups is 6. The van der Waals surface area contributed by atoms with E-state index in [0.29, 0.717) is 0 Å². The van der Waals surface area contributed by atoms with Crippen molar-refractivity contribution in [2.75, 3.05) is 25.5 Å². The molecule has 2 fully saturated rings. The van der Waals surface area contributed by atoms with Crippen molar-refractivity contribution in [3.05, 3.63) is 22.7 Å². The van der Waals surface area contributed by atoms with Gasteiger partial charge in [-0.1, -0.05) is 0 Å². The highest BCUT2D eigenvalue weighted by Gasteiger charge is 2.57. The summed E-state index contributed by atoms with van der Waals surface area (Å²) in [6.07, 6.45) is -13.8. The van der Waals surface area contributed by atoms with Crippen molar-refractivity contribution < 1.29 is 68.4 Å². The van der Waals surface area contributed by atoms with E-state index in [9.17, 15) is 54.7 Å². The van der Waals surface area contributed by atoms with Crippen LogP contribution in [0.2, 0.25) is 0 Å². The summed E-state index contributed by atoms with van der Waals surface area (Å²) in [4.78, 5) is 39.6. The van der Waals surface area contributed by atoms with Crippen molar-refractivity contribution in [3.8, 4) is 0 Å². The first-order chi connectivity index (χ1) is 19.2. The van der Waals surface area contributed by atoms with Gasteiger partial charge in [-0.25, -0.2) is 9.59 Å². The Morgan fingerprint density at radius 3 is 2.56 bits per heavy atom. The van der Waals surface area contributed by atoms with Crippen LogP contribution in [-0.4, -0.2) is 131 Å². The Morgan fingerprint density at radius 2 is 1.98 bits per heavy atom. The molecule has 0 radical (unpaired) electrons. The molecule has 1 aromatic heterocycles. The molecule has 3 rings (SSSR count). The molecule has 41 heavy (non-hydrogen) atoms. The Balaban J connectivity index is 1.74. The van der Waals surface area contributed by atoms with Gasteiger partial charge < -0.3 is 66.5 Å². The number of nitrogens with two attached hydrogens (primary N) is 2. The molecule has 3 unspecified atom stereocenters. The van der Waals surface area contributed by atoms with E-state index in [0.717, 1.165) is 10.8 Å². The fraction of sp³-hybridized carbons (Fsp3) is 0.700. The molecule has 2 aliphatic heterocycles. The van der Waals surface area contributed by atoms with Crippen molar-refractivity contribution in [1.82, 2.24) is 14.9 Å². The number of ether oxygens (including phenoxy) is 2. The molecular weight excluding hydrogens is 581 g/mol. The zero-order chi connectivity index (χ0) is 30.6. The topological polar surface area (TPSA) is 329 Å². The molecule has 1 amide bonds. The Hall–Kier alpha value is -2.59. The number of carbonyl (C=O) groups is 2. The first-order valence-corrected chi connectivity index (χ1v) is 13.2. The van der Waals surface area contributed by atoms with Crippen LogP contribution >= 0.6 is 8.25 Å². The quantitative estimate of drug-likeness (QED) is 0.0980. The minimum atomic E-state index is -3.89. The Kier molecular flexibility index (Phi) is 10.9. The van der Waals surface area contributed by atoms with E-state index < -0.39 is 113 Å². The molecule has 1 aromatic rings. The molecular formula is C20H32N5O15P. The van der Waals surface area contributed by atoms with Crippen LogP contribution in [0.3, 0.4) is 0 Å². The molecule has 0 spiro atoms. The van der Waals surface area contributed by atoms with Gasteiger partial charge in [0.2, 0.25) is 5.91 Å². The highest BCUT2D eigenvalue weighted by atomic mass is 31.1. The van der Waals surface area contributed by atoms with Gasteiger partial charge in [-0.05, 0) is 6.07 Å². The first-order valence-electron chi connectivity index (χ1n) is 12.0. The average Bonchev–Trinajstić information content (AvgIpc) is 3.20. The number of aromatic nitrogens is 2. The maximum Gasteiger partial charge on any atom is 0.364 e.